The summed E-state index contributed by atoms with van der Waals surface area (Å²) in [6.45, 7) is 9.17. The van der Waals surface area contributed by atoms with Gasteiger partial charge in [0.15, 0.2) is 0 Å². The Morgan fingerprint density at radius 1 is 1.22 bits per heavy atom. The fourth-order valence-electron chi connectivity index (χ4n) is 1.61. The van der Waals surface area contributed by atoms with Crippen LogP contribution in [0.2, 0.25) is 0 Å². The molecule has 0 rings (SSSR count). The molecule has 4 heteroatoms. The van der Waals surface area contributed by atoms with E-state index >= 15 is 0 Å². The van der Waals surface area contributed by atoms with Crippen LogP contribution in [0.5, 0.6) is 0 Å². The first kappa shape index (κ1) is 17.8. The van der Waals surface area contributed by atoms with E-state index in [1.807, 2.05) is 0 Å². The molecule has 0 aromatic carbocycles. The number of rotatable bonds is 13. The molecule has 0 fully saturated rings. The minimum Gasteiger partial charge on any atom is -0.389 e. The predicted molar refractivity (Wildman–Crippen MR) is 77.0 cm³/mol. The van der Waals surface area contributed by atoms with Crippen LogP contribution in [0.1, 0.15) is 39.5 Å². The summed E-state index contributed by atoms with van der Waals surface area (Å²) in [7, 11) is 2.09. The first-order chi connectivity index (χ1) is 8.70. The second-order valence-corrected chi connectivity index (χ2v) is 4.89. The molecule has 2 N–H and O–H groups in total. The lowest BCUT2D eigenvalue weighted by Crippen LogP contribution is -2.35. The maximum atomic E-state index is 9.67. The van der Waals surface area contributed by atoms with Crippen molar-refractivity contribution in [2.75, 3.05) is 46.4 Å². The Labute approximate surface area is 113 Å². The maximum Gasteiger partial charge on any atom is 0.0897 e. The normalized spacial score (nSPS) is 13.2. The summed E-state index contributed by atoms with van der Waals surface area (Å²) in [5, 5.41) is 12.9. The van der Waals surface area contributed by atoms with E-state index in [4.69, 9.17) is 4.74 Å². The molecule has 1 unspecified atom stereocenters. The lowest BCUT2D eigenvalue weighted by molar-refractivity contribution is 0.0353. The van der Waals surface area contributed by atoms with Gasteiger partial charge in [-0.3, -0.25) is 0 Å². The number of hydrogen-bond donors (Lipinski definition) is 2. The highest BCUT2D eigenvalue weighted by Crippen LogP contribution is 1.99. The van der Waals surface area contributed by atoms with Gasteiger partial charge in [0.25, 0.3) is 0 Å². The van der Waals surface area contributed by atoms with Gasteiger partial charge in [-0.1, -0.05) is 33.1 Å². The number of nitrogens with one attached hydrogen (secondary N) is 1. The van der Waals surface area contributed by atoms with Gasteiger partial charge in [-0.15, -0.1) is 0 Å². The molecule has 0 aromatic rings. The summed E-state index contributed by atoms with van der Waals surface area (Å²) in [5.41, 5.74) is 0. The fraction of sp³-hybridized carbons (Fsp3) is 1.00. The van der Waals surface area contributed by atoms with Crippen LogP contribution in [0.25, 0.3) is 0 Å². The number of nitrogens with zero attached hydrogens (tertiary/aromatic N) is 1. The monoisotopic (exact) mass is 260 g/mol. The topological polar surface area (TPSA) is 44.7 Å². The molecule has 4 nitrogen and oxygen atoms in total. The number of likely N-dealkylation sites (N-methyl/N-ethyl adjacent to an activating group) is 1. The van der Waals surface area contributed by atoms with E-state index in [9.17, 15) is 5.11 Å². The predicted octanol–water partition coefficient (Wildman–Crippen LogP) is 1.49. The van der Waals surface area contributed by atoms with Gasteiger partial charge in [0.2, 0.25) is 0 Å². The summed E-state index contributed by atoms with van der Waals surface area (Å²) in [6.07, 6.45) is 4.48. The highest BCUT2D eigenvalue weighted by molar-refractivity contribution is 4.60. The average molecular weight is 260 g/mol. The van der Waals surface area contributed by atoms with Crippen molar-refractivity contribution in [2.24, 2.45) is 0 Å². The molecule has 0 aliphatic rings. The number of unbranched alkanes of at least 4 members (excludes halogenated alkanes) is 3. The third kappa shape index (κ3) is 12.3. The van der Waals surface area contributed by atoms with Crippen molar-refractivity contribution in [1.29, 1.82) is 0 Å². The zero-order valence-electron chi connectivity index (χ0n) is 12.5. The van der Waals surface area contributed by atoms with Crippen LogP contribution in [0.15, 0.2) is 0 Å². The lowest BCUT2D eigenvalue weighted by Gasteiger charge is -2.16. The van der Waals surface area contributed by atoms with E-state index < -0.39 is 0 Å². The van der Waals surface area contributed by atoms with Crippen LogP contribution in [-0.2, 0) is 4.74 Å². The van der Waals surface area contributed by atoms with E-state index in [2.05, 4.69) is 31.1 Å². The first-order valence-electron chi connectivity index (χ1n) is 7.35. The van der Waals surface area contributed by atoms with Crippen LogP contribution in [0.3, 0.4) is 0 Å². The fourth-order valence-corrected chi connectivity index (χ4v) is 1.61. The summed E-state index contributed by atoms with van der Waals surface area (Å²) in [6, 6.07) is 0. The van der Waals surface area contributed by atoms with Crippen molar-refractivity contribution < 1.29 is 9.84 Å². The lowest BCUT2D eigenvalue weighted by atomic mass is 10.2. The largest absolute Gasteiger partial charge is 0.389 e. The Morgan fingerprint density at radius 2 is 2.00 bits per heavy atom. The van der Waals surface area contributed by atoms with Gasteiger partial charge < -0.3 is 20.1 Å². The van der Waals surface area contributed by atoms with Crippen molar-refractivity contribution in [3.05, 3.63) is 0 Å². The number of aliphatic hydroxyl groups is 1. The van der Waals surface area contributed by atoms with Gasteiger partial charge in [0, 0.05) is 26.2 Å². The molecule has 0 spiro atoms. The molecule has 110 valence electrons. The molecule has 0 aliphatic heterocycles. The highest BCUT2D eigenvalue weighted by atomic mass is 16.5. The van der Waals surface area contributed by atoms with Crippen LogP contribution in [0, 0.1) is 0 Å². The molecule has 0 radical (unpaired) electrons. The molecule has 0 bridgehead atoms. The zero-order valence-corrected chi connectivity index (χ0v) is 12.5. The van der Waals surface area contributed by atoms with E-state index in [0.29, 0.717) is 13.2 Å². The summed E-state index contributed by atoms with van der Waals surface area (Å²) >= 11 is 0. The second kappa shape index (κ2) is 13.3. The van der Waals surface area contributed by atoms with Crippen molar-refractivity contribution in [3.8, 4) is 0 Å². The van der Waals surface area contributed by atoms with Crippen LogP contribution >= 0.6 is 0 Å². The van der Waals surface area contributed by atoms with Gasteiger partial charge in [-0.2, -0.15) is 0 Å². The molecular weight excluding hydrogens is 228 g/mol. The maximum absolute atomic E-state index is 9.67. The highest BCUT2D eigenvalue weighted by Gasteiger charge is 2.03. The summed E-state index contributed by atoms with van der Waals surface area (Å²) in [5.74, 6) is 0. The Hall–Kier alpha value is -0.160. The molecule has 0 aliphatic carbocycles. The van der Waals surface area contributed by atoms with E-state index in [0.717, 1.165) is 32.7 Å². The molecule has 1 atom stereocenters. The van der Waals surface area contributed by atoms with Crippen molar-refractivity contribution in [2.45, 2.75) is 45.6 Å². The van der Waals surface area contributed by atoms with Gasteiger partial charge in [0.1, 0.15) is 0 Å². The van der Waals surface area contributed by atoms with E-state index in [-0.39, 0.29) is 6.10 Å². The van der Waals surface area contributed by atoms with Gasteiger partial charge in [-0.25, -0.2) is 0 Å². The first-order valence-corrected chi connectivity index (χ1v) is 7.35. The Bertz CT molecular complexity index is 168. The smallest absolute Gasteiger partial charge is 0.0897 e. The summed E-state index contributed by atoms with van der Waals surface area (Å²) in [4.78, 5) is 2.24. The van der Waals surface area contributed by atoms with Crippen LogP contribution in [0.4, 0.5) is 0 Å². The number of ether oxygens (including phenoxy) is 1. The third-order valence-corrected chi connectivity index (χ3v) is 3.04. The summed E-state index contributed by atoms with van der Waals surface area (Å²) < 4.78 is 5.44. The molecule has 18 heavy (non-hydrogen) atoms. The Morgan fingerprint density at radius 3 is 2.67 bits per heavy atom. The second-order valence-electron chi connectivity index (χ2n) is 4.89. The average Bonchev–Trinajstić information content (AvgIpc) is 2.38. The Balaban J connectivity index is 3.19. The zero-order chi connectivity index (χ0) is 13.6. The van der Waals surface area contributed by atoms with Crippen LogP contribution in [-0.4, -0.2) is 62.6 Å². The molecular formula is C14H32N2O2. The van der Waals surface area contributed by atoms with E-state index in [1.165, 1.54) is 19.3 Å². The van der Waals surface area contributed by atoms with Crippen molar-refractivity contribution in [1.82, 2.24) is 10.2 Å². The van der Waals surface area contributed by atoms with Crippen molar-refractivity contribution >= 4 is 0 Å². The van der Waals surface area contributed by atoms with Crippen molar-refractivity contribution in [3.63, 3.8) is 0 Å². The van der Waals surface area contributed by atoms with Gasteiger partial charge >= 0.3 is 0 Å². The van der Waals surface area contributed by atoms with E-state index in [1.54, 1.807) is 0 Å². The molecule has 0 aromatic heterocycles. The molecule has 0 saturated heterocycles. The molecule has 0 heterocycles. The van der Waals surface area contributed by atoms with Crippen LogP contribution < -0.4 is 5.32 Å². The number of aliphatic hydroxyl groups excluding tert-OH is 1. The van der Waals surface area contributed by atoms with Gasteiger partial charge in [0.05, 0.1) is 12.7 Å². The third-order valence-electron chi connectivity index (χ3n) is 3.04. The Kier molecular flexibility index (Phi) is 13.2. The minimum atomic E-state index is -0.386. The number of hydrogen-bond acceptors (Lipinski definition) is 4. The SMILES string of the molecule is CCCCCCOCC(O)CNCCN(C)CC. The quantitative estimate of drug-likeness (QED) is 0.492. The minimum absolute atomic E-state index is 0.386. The molecule has 0 saturated carbocycles. The standard InChI is InChI=1S/C14H32N2O2/c1-4-6-7-8-11-18-13-14(17)12-15-9-10-16(3)5-2/h14-15,17H,4-13H2,1-3H3. The molecule has 0 amide bonds. The van der Waals surface area contributed by atoms with Gasteiger partial charge in [-0.05, 0) is 20.0 Å².